The van der Waals surface area contributed by atoms with E-state index in [1.54, 1.807) is 5.48 Å². The van der Waals surface area contributed by atoms with Gasteiger partial charge in [0, 0.05) is 30.3 Å². The van der Waals surface area contributed by atoms with Crippen LogP contribution in [0.15, 0.2) is 23.0 Å². The van der Waals surface area contributed by atoms with E-state index >= 15 is 0 Å². The molecule has 0 aliphatic heterocycles. The smallest absolute Gasteiger partial charge is 0.337 e. The van der Waals surface area contributed by atoms with Crippen molar-refractivity contribution in [3.05, 3.63) is 29.9 Å². The van der Waals surface area contributed by atoms with Crippen molar-refractivity contribution in [3.8, 4) is 11.4 Å². The molecule has 0 radical (unpaired) electrons. The molecule has 156 valence electrons. The summed E-state index contributed by atoms with van der Waals surface area (Å²) >= 11 is 0. The van der Waals surface area contributed by atoms with Crippen LogP contribution in [0.3, 0.4) is 0 Å². The zero-order valence-corrected chi connectivity index (χ0v) is 16.2. The van der Waals surface area contributed by atoms with Crippen LogP contribution in [0.2, 0.25) is 0 Å². The van der Waals surface area contributed by atoms with Gasteiger partial charge in [0.05, 0.1) is 5.56 Å². The standard InChI is InChI=1S/C20H26N4O5/c25-17(23-28)10-14(8-4-7-13-5-2-1-3-6-13)19-22-18(24-29-19)15-9-16(20(26)27)12-21-11-15/h9,11-14,28H,1-8,10H2,(H,23,25)(H,26,27)/t14-/m0/s1. The first-order valence-corrected chi connectivity index (χ1v) is 10.0. The second-order valence-corrected chi connectivity index (χ2v) is 7.59. The van der Waals surface area contributed by atoms with Gasteiger partial charge in [-0.15, -0.1) is 0 Å². The maximum Gasteiger partial charge on any atom is 0.337 e. The molecule has 1 aliphatic carbocycles. The highest BCUT2D eigenvalue weighted by molar-refractivity contribution is 5.88. The van der Waals surface area contributed by atoms with Gasteiger partial charge in [0.25, 0.3) is 0 Å². The topological polar surface area (TPSA) is 138 Å². The zero-order valence-electron chi connectivity index (χ0n) is 16.2. The van der Waals surface area contributed by atoms with E-state index < -0.39 is 11.9 Å². The average molecular weight is 402 g/mol. The molecule has 0 bridgehead atoms. The number of carbonyl (C=O) groups is 2. The molecule has 1 atom stereocenters. The minimum atomic E-state index is -1.09. The molecular formula is C20H26N4O5. The first-order valence-electron chi connectivity index (χ1n) is 10.0. The molecule has 0 spiro atoms. The molecule has 9 nitrogen and oxygen atoms in total. The highest BCUT2D eigenvalue weighted by atomic mass is 16.5. The van der Waals surface area contributed by atoms with Crippen molar-refractivity contribution >= 4 is 11.9 Å². The maximum atomic E-state index is 11.7. The van der Waals surface area contributed by atoms with Crippen molar-refractivity contribution in [1.82, 2.24) is 20.6 Å². The second kappa shape index (κ2) is 10.1. The molecule has 0 unspecified atom stereocenters. The summed E-state index contributed by atoms with van der Waals surface area (Å²) in [6, 6.07) is 1.42. The fraction of sp³-hybridized carbons (Fsp3) is 0.550. The van der Waals surface area contributed by atoms with Gasteiger partial charge in [0.1, 0.15) is 0 Å². The molecule has 1 fully saturated rings. The van der Waals surface area contributed by atoms with Gasteiger partial charge in [-0.3, -0.25) is 15.0 Å². The Balaban J connectivity index is 1.69. The van der Waals surface area contributed by atoms with Crippen LogP contribution in [0, 0.1) is 5.92 Å². The van der Waals surface area contributed by atoms with E-state index in [-0.39, 0.29) is 23.7 Å². The lowest BCUT2D eigenvalue weighted by atomic mass is 9.84. The SMILES string of the molecule is O=C(C[C@H](CCCC1CCCCC1)c1nc(-c2cncc(C(=O)O)c2)no1)NO. The van der Waals surface area contributed by atoms with E-state index in [9.17, 15) is 9.59 Å². The van der Waals surface area contributed by atoms with Crippen LogP contribution in [0.5, 0.6) is 0 Å². The number of rotatable bonds is 9. The van der Waals surface area contributed by atoms with Crippen molar-refractivity contribution in [2.24, 2.45) is 5.92 Å². The Bertz CT molecular complexity index is 832. The van der Waals surface area contributed by atoms with Crippen LogP contribution < -0.4 is 5.48 Å². The highest BCUT2D eigenvalue weighted by Gasteiger charge is 2.24. The summed E-state index contributed by atoms with van der Waals surface area (Å²) in [6.07, 6.45) is 11.9. The number of hydrogen-bond donors (Lipinski definition) is 3. The number of carboxylic acids is 1. The lowest BCUT2D eigenvalue weighted by Crippen LogP contribution is -2.21. The third-order valence-electron chi connectivity index (χ3n) is 5.48. The molecule has 1 amide bonds. The predicted octanol–water partition coefficient (Wildman–Crippen LogP) is 3.56. The monoisotopic (exact) mass is 402 g/mol. The highest BCUT2D eigenvalue weighted by Crippen LogP contribution is 2.31. The fourth-order valence-corrected chi connectivity index (χ4v) is 3.91. The van der Waals surface area contributed by atoms with Crippen molar-refractivity contribution < 1.29 is 24.4 Å². The Morgan fingerprint density at radius 3 is 2.76 bits per heavy atom. The van der Waals surface area contributed by atoms with E-state index in [4.69, 9.17) is 14.8 Å². The second-order valence-electron chi connectivity index (χ2n) is 7.59. The number of nitrogens with zero attached hydrogens (tertiary/aromatic N) is 3. The molecule has 2 heterocycles. The van der Waals surface area contributed by atoms with Crippen LogP contribution in [0.4, 0.5) is 0 Å². The Morgan fingerprint density at radius 2 is 2.03 bits per heavy atom. The predicted molar refractivity (Wildman–Crippen MR) is 102 cm³/mol. The summed E-state index contributed by atoms with van der Waals surface area (Å²) < 4.78 is 5.37. The van der Waals surface area contributed by atoms with Crippen molar-refractivity contribution in [2.45, 2.75) is 63.7 Å². The van der Waals surface area contributed by atoms with Gasteiger partial charge in [-0.2, -0.15) is 4.98 Å². The average Bonchev–Trinajstić information content (AvgIpc) is 3.24. The van der Waals surface area contributed by atoms with E-state index in [1.807, 2.05) is 0 Å². The number of carbonyl (C=O) groups excluding carboxylic acids is 1. The number of hydrogen-bond acceptors (Lipinski definition) is 7. The summed E-state index contributed by atoms with van der Waals surface area (Å²) in [4.78, 5) is 31.1. The molecule has 3 N–H and O–H groups in total. The molecule has 1 aliphatic rings. The van der Waals surface area contributed by atoms with E-state index in [0.29, 0.717) is 17.9 Å². The lowest BCUT2D eigenvalue weighted by molar-refractivity contribution is -0.129. The third-order valence-corrected chi connectivity index (χ3v) is 5.48. The molecular weight excluding hydrogens is 376 g/mol. The van der Waals surface area contributed by atoms with E-state index in [1.165, 1.54) is 50.6 Å². The molecule has 3 rings (SSSR count). The summed E-state index contributed by atoms with van der Waals surface area (Å²) in [6.45, 7) is 0. The van der Waals surface area contributed by atoms with Crippen molar-refractivity contribution in [3.63, 3.8) is 0 Å². The summed E-state index contributed by atoms with van der Waals surface area (Å²) in [5.41, 5.74) is 2.11. The lowest BCUT2D eigenvalue weighted by Gasteiger charge is -2.22. The maximum absolute atomic E-state index is 11.7. The quantitative estimate of drug-likeness (QED) is 0.427. The van der Waals surface area contributed by atoms with Gasteiger partial charge < -0.3 is 9.63 Å². The van der Waals surface area contributed by atoms with Crippen LogP contribution in [-0.2, 0) is 4.79 Å². The van der Waals surface area contributed by atoms with Gasteiger partial charge >= 0.3 is 5.97 Å². The molecule has 0 aromatic carbocycles. The minimum absolute atomic E-state index is 0.0255. The van der Waals surface area contributed by atoms with Gasteiger partial charge in [-0.1, -0.05) is 50.1 Å². The number of carboxylic acid groups (broad SMARTS) is 1. The first kappa shape index (κ1) is 20.9. The first-order chi connectivity index (χ1) is 14.1. The summed E-state index contributed by atoms with van der Waals surface area (Å²) in [7, 11) is 0. The normalized spacial score (nSPS) is 15.8. The molecule has 1 saturated carbocycles. The Labute approximate surface area is 168 Å². The molecule has 29 heavy (non-hydrogen) atoms. The van der Waals surface area contributed by atoms with Gasteiger partial charge in [-0.25, -0.2) is 10.3 Å². The molecule has 9 heteroatoms. The minimum Gasteiger partial charge on any atom is -0.478 e. The Kier molecular flexibility index (Phi) is 7.29. The van der Waals surface area contributed by atoms with Gasteiger partial charge in [0.2, 0.25) is 17.6 Å². The summed E-state index contributed by atoms with van der Waals surface area (Å²) in [5, 5.41) is 21.9. The number of hydroxylamine groups is 1. The van der Waals surface area contributed by atoms with Crippen molar-refractivity contribution in [1.29, 1.82) is 0 Å². The molecule has 0 saturated heterocycles. The summed E-state index contributed by atoms with van der Waals surface area (Å²) in [5.74, 6) is -0.669. The van der Waals surface area contributed by atoms with E-state index in [2.05, 4.69) is 15.1 Å². The number of pyridine rings is 1. The van der Waals surface area contributed by atoms with E-state index in [0.717, 1.165) is 18.8 Å². The van der Waals surface area contributed by atoms with Crippen LogP contribution in [0.25, 0.3) is 11.4 Å². The van der Waals surface area contributed by atoms with Gasteiger partial charge in [0.15, 0.2) is 0 Å². The van der Waals surface area contributed by atoms with Crippen LogP contribution in [0.1, 0.15) is 80.0 Å². The van der Waals surface area contributed by atoms with Crippen LogP contribution >= 0.6 is 0 Å². The molecule has 2 aromatic heterocycles. The molecule has 2 aromatic rings. The van der Waals surface area contributed by atoms with Gasteiger partial charge in [-0.05, 0) is 18.4 Å². The van der Waals surface area contributed by atoms with Crippen molar-refractivity contribution in [2.75, 3.05) is 0 Å². The van der Waals surface area contributed by atoms with Crippen LogP contribution in [-0.4, -0.2) is 37.3 Å². The number of nitrogens with one attached hydrogen (secondary N) is 1. The number of amides is 1. The number of aromatic nitrogens is 3. The Hall–Kier alpha value is -2.81. The zero-order chi connectivity index (χ0) is 20.6. The number of aromatic carboxylic acids is 1. The Morgan fingerprint density at radius 1 is 1.24 bits per heavy atom. The largest absolute Gasteiger partial charge is 0.478 e. The third kappa shape index (κ3) is 5.83. The fourth-order valence-electron chi connectivity index (χ4n) is 3.91.